The molecule has 0 spiro atoms. The predicted octanol–water partition coefficient (Wildman–Crippen LogP) is 1.86. The molecule has 1 rings (SSSR count). The molecule has 0 aromatic heterocycles. The van der Waals surface area contributed by atoms with Crippen molar-refractivity contribution in [3.8, 4) is 5.75 Å². The minimum Gasteiger partial charge on any atom is -0.497 e. The zero-order chi connectivity index (χ0) is 11.6. The van der Waals surface area contributed by atoms with Crippen molar-refractivity contribution in [2.45, 2.75) is 13.3 Å². The average Bonchev–Trinajstić information content (AvgIpc) is 2.34. The highest BCUT2D eigenvalue weighted by molar-refractivity contribution is 5.27. The van der Waals surface area contributed by atoms with Crippen LogP contribution in [-0.2, 0) is 11.2 Å². The van der Waals surface area contributed by atoms with Gasteiger partial charge in [0.25, 0.3) is 0 Å². The van der Waals surface area contributed by atoms with E-state index in [9.17, 15) is 0 Å². The molecule has 16 heavy (non-hydrogen) atoms. The summed E-state index contributed by atoms with van der Waals surface area (Å²) in [7, 11) is 1.68. The van der Waals surface area contributed by atoms with E-state index in [0.717, 1.165) is 38.5 Å². The highest BCUT2D eigenvalue weighted by atomic mass is 16.5. The molecule has 0 aliphatic heterocycles. The molecule has 0 unspecified atom stereocenters. The largest absolute Gasteiger partial charge is 0.497 e. The van der Waals surface area contributed by atoms with Crippen LogP contribution in [0.1, 0.15) is 12.5 Å². The molecule has 0 radical (unpaired) electrons. The molecule has 0 bridgehead atoms. The molecule has 0 saturated heterocycles. The molecule has 0 aliphatic carbocycles. The molecule has 0 aliphatic rings. The van der Waals surface area contributed by atoms with Crippen LogP contribution in [0.15, 0.2) is 24.3 Å². The number of ether oxygens (including phenoxy) is 2. The zero-order valence-electron chi connectivity index (χ0n) is 10.2. The van der Waals surface area contributed by atoms with Gasteiger partial charge in [-0.05, 0) is 30.7 Å². The summed E-state index contributed by atoms with van der Waals surface area (Å²) in [4.78, 5) is 0. The smallest absolute Gasteiger partial charge is 0.118 e. The van der Waals surface area contributed by atoms with Crippen LogP contribution in [0, 0.1) is 0 Å². The number of rotatable bonds is 8. The summed E-state index contributed by atoms with van der Waals surface area (Å²) in [5, 5.41) is 3.22. The van der Waals surface area contributed by atoms with Crippen molar-refractivity contribution in [1.82, 2.24) is 5.32 Å². The van der Waals surface area contributed by atoms with E-state index in [1.807, 2.05) is 12.1 Å². The molecule has 1 aromatic carbocycles. The molecule has 0 saturated carbocycles. The summed E-state index contributed by atoms with van der Waals surface area (Å²) in [6.07, 6.45) is 0.954. The van der Waals surface area contributed by atoms with Gasteiger partial charge in [-0.2, -0.15) is 0 Å². The highest BCUT2D eigenvalue weighted by Crippen LogP contribution is 2.11. The number of likely N-dealkylation sites (N-methyl/N-ethyl adjacent to an activating group) is 1. The molecule has 3 nitrogen and oxygen atoms in total. The monoisotopic (exact) mass is 223 g/mol. The lowest BCUT2D eigenvalue weighted by Crippen LogP contribution is -2.19. The van der Waals surface area contributed by atoms with Crippen LogP contribution in [-0.4, -0.2) is 33.4 Å². The van der Waals surface area contributed by atoms with Crippen LogP contribution in [0.5, 0.6) is 5.75 Å². The van der Waals surface area contributed by atoms with Gasteiger partial charge in [-0.3, -0.25) is 0 Å². The quantitative estimate of drug-likeness (QED) is 0.682. The van der Waals surface area contributed by atoms with Crippen molar-refractivity contribution in [1.29, 1.82) is 0 Å². The Labute approximate surface area is 97.8 Å². The van der Waals surface area contributed by atoms with Gasteiger partial charge in [0.05, 0.1) is 20.3 Å². The summed E-state index contributed by atoms with van der Waals surface area (Å²) < 4.78 is 10.6. The Morgan fingerprint density at radius 1 is 1.12 bits per heavy atom. The normalized spacial score (nSPS) is 10.4. The Morgan fingerprint density at radius 2 is 1.88 bits per heavy atom. The van der Waals surface area contributed by atoms with Gasteiger partial charge < -0.3 is 14.8 Å². The van der Waals surface area contributed by atoms with Crippen LogP contribution >= 0.6 is 0 Å². The molecular weight excluding hydrogens is 202 g/mol. The second-order valence-electron chi connectivity index (χ2n) is 3.56. The third-order valence-electron chi connectivity index (χ3n) is 2.37. The van der Waals surface area contributed by atoms with E-state index in [-0.39, 0.29) is 0 Å². The van der Waals surface area contributed by atoms with E-state index < -0.39 is 0 Å². The number of hydrogen-bond donors (Lipinski definition) is 1. The zero-order valence-corrected chi connectivity index (χ0v) is 10.2. The summed E-state index contributed by atoms with van der Waals surface area (Å²) in [6, 6.07) is 8.11. The van der Waals surface area contributed by atoms with Gasteiger partial charge in [-0.15, -0.1) is 0 Å². The topological polar surface area (TPSA) is 30.5 Å². The first-order valence-corrected chi connectivity index (χ1v) is 5.78. The predicted molar refractivity (Wildman–Crippen MR) is 66.1 cm³/mol. The second kappa shape index (κ2) is 8.13. The van der Waals surface area contributed by atoms with Gasteiger partial charge >= 0.3 is 0 Å². The first-order chi connectivity index (χ1) is 7.86. The Morgan fingerprint density at radius 3 is 2.50 bits per heavy atom. The standard InChI is InChI=1S/C13H21NO2/c1-3-14-9-11-16-10-8-12-4-6-13(15-2)7-5-12/h4-7,14H,3,8-11H2,1-2H3. The van der Waals surface area contributed by atoms with Gasteiger partial charge in [0.15, 0.2) is 0 Å². The van der Waals surface area contributed by atoms with Crippen LogP contribution in [0.2, 0.25) is 0 Å². The van der Waals surface area contributed by atoms with Crippen LogP contribution < -0.4 is 10.1 Å². The van der Waals surface area contributed by atoms with Gasteiger partial charge in [0.1, 0.15) is 5.75 Å². The Hall–Kier alpha value is -1.06. The fourth-order valence-corrected chi connectivity index (χ4v) is 1.41. The molecule has 1 N–H and O–H groups in total. The summed E-state index contributed by atoms with van der Waals surface area (Å²) >= 11 is 0. The number of hydrogen-bond acceptors (Lipinski definition) is 3. The van der Waals surface area contributed by atoms with Crippen molar-refractivity contribution in [2.24, 2.45) is 0 Å². The van der Waals surface area contributed by atoms with E-state index >= 15 is 0 Å². The second-order valence-corrected chi connectivity index (χ2v) is 3.56. The van der Waals surface area contributed by atoms with Crippen molar-refractivity contribution in [2.75, 3.05) is 33.4 Å². The van der Waals surface area contributed by atoms with Gasteiger partial charge in [0.2, 0.25) is 0 Å². The van der Waals surface area contributed by atoms with Crippen molar-refractivity contribution >= 4 is 0 Å². The maximum atomic E-state index is 5.50. The highest BCUT2D eigenvalue weighted by Gasteiger charge is 1.94. The average molecular weight is 223 g/mol. The van der Waals surface area contributed by atoms with Crippen LogP contribution in [0.4, 0.5) is 0 Å². The SMILES string of the molecule is CCNCCOCCc1ccc(OC)cc1. The first-order valence-electron chi connectivity index (χ1n) is 5.78. The molecule has 90 valence electrons. The maximum absolute atomic E-state index is 5.50. The minimum atomic E-state index is 0.776. The van der Waals surface area contributed by atoms with E-state index in [1.54, 1.807) is 7.11 Å². The van der Waals surface area contributed by atoms with Crippen molar-refractivity contribution in [3.05, 3.63) is 29.8 Å². The Balaban J connectivity index is 2.12. The number of nitrogens with one attached hydrogen (secondary N) is 1. The molecule has 0 amide bonds. The van der Waals surface area contributed by atoms with Crippen LogP contribution in [0.25, 0.3) is 0 Å². The van der Waals surface area contributed by atoms with Crippen molar-refractivity contribution < 1.29 is 9.47 Å². The molecular formula is C13H21NO2. The lowest BCUT2D eigenvalue weighted by atomic mass is 10.1. The molecule has 3 heteroatoms. The lowest BCUT2D eigenvalue weighted by Gasteiger charge is -2.05. The fourth-order valence-electron chi connectivity index (χ4n) is 1.41. The van der Waals surface area contributed by atoms with Gasteiger partial charge in [-0.1, -0.05) is 19.1 Å². The molecule has 0 fully saturated rings. The third-order valence-corrected chi connectivity index (χ3v) is 2.37. The molecule has 0 atom stereocenters. The third kappa shape index (κ3) is 5.14. The van der Waals surface area contributed by atoms with E-state index in [2.05, 4.69) is 24.4 Å². The Bertz CT molecular complexity index is 272. The van der Waals surface area contributed by atoms with E-state index in [0.29, 0.717) is 0 Å². The van der Waals surface area contributed by atoms with Gasteiger partial charge in [0, 0.05) is 6.54 Å². The first kappa shape index (κ1) is 13.0. The molecule has 0 heterocycles. The Kier molecular flexibility index (Phi) is 6.61. The fraction of sp³-hybridized carbons (Fsp3) is 0.538. The number of benzene rings is 1. The number of methoxy groups -OCH3 is 1. The molecule has 1 aromatic rings. The van der Waals surface area contributed by atoms with E-state index in [1.165, 1.54) is 5.56 Å². The van der Waals surface area contributed by atoms with E-state index in [4.69, 9.17) is 9.47 Å². The van der Waals surface area contributed by atoms with Crippen molar-refractivity contribution in [3.63, 3.8) is 0 Å². The van der Waals surface area contributed by atoms with Crippen LogP contribution in [0.3, 0.4) is 0 Å². The minimum absolute atomic E-state index is 0.776. The summed E-state index contributed by atoms with van der Waals surface area (Å²) in [5.74, 6) is 0.900. The summed E-state index contributed by atoms with van der Waals surface area (Å²) in [5.41, 5.74) is 1.28. The maximum Gasteiger partial charge on any atom is 0.118 e. The van der Waals surface area contributed by atoms with Gasteiger partial charge in [-0.25, -0.2) is 0 Å². The summed E-state index contributed by atoms with van der Waals surface area (Å²) in [6.45, 7) is 5.58. The lowest BCUT2D eigenvalue weighted by molar-refractivity contribution is 0.139.